The van der Waals surface area contributed by atoms with Crippen LogP contribution in [0.3, 0.4) is 0 Å². The third-order valence-electron chi connectivity index (χ3n) is 5.06. The largest absolute Gasteiger partial charge is 0.342 e. The minimum Gasteiger partial charge on any atom is -0.342 e. The van der Waals surface area contributed by atoms with Gasteiger partial charge in [-0.1, -0.05) is 23.5 Å². The normalized spacial score (nSPS) is 14.7. The Morgan fingerprint density at radius 2 is 2.03 bits per heavy atom. The molecule has 0 saturated carbocycles. The second-order valence-electron chi connectivity index (χ2n) is 7.16. The Morgan fingerprint density at radius 3 is 2.72 bits per heavy atom. The molecule has 0 spiro atoms. The minimum atomic E-state index is -0.0763. The van der Waals surface area contributed by atoms with Gasteiger partial charge in [0.2, 0.25) is 11.8 Å². The van der Waals surface area contributed by atoms with Crippen LogP contribution in [-0.4, -0.2) is 40.0 Å². The van der Waals surface area contributed by atoms with Crippen LogP contribution >= 0.6 is 22.7 Å². The van der Waals surface area contributed by atoms with E-state index in [0.717, 1.165) is 26.8 Å². The van der Waals surface area contributed by atoms with Gasteiger partial charge in [0, 0.05) is 30.3 Å². The number of thiophene rings is 1. The zero-order valence-electron chi connectivity index (χ0n) is 16.1. The Hall–Kier alpha value is -2.58. The van der Waals surface area contributed by atoms with Crippen molar-refractivity contribution in [2.24, 2.45) is 5.92 Å². The summed E-state index contributed by atoms with van der Waals surface area (Å²) in [6, 6.07) is 9.67. The van der Waals surface area contributed by atoms with Crippen molar-refractivity contribution in [3.63, 3.8) is 0 Å². The van der Waals surface area contributed by atoms with Gasteiger partial charge in [-0.25, -0.2) is 0 Å². The molecule has 2 aromatic heterocycles. The van der Waals surface area contributed by atoms with E-state index in [1.54, 1.807) is 11.3 Å². The van der Waals surface area contributed by atoms with E-state index < -0.39 is 0 Å². The highest BCUT2D eigenvalue weighted by Gasteiger charge is 2.27. The van der Waals surface area contributed by atoms with Gasteiger partial charge in [0.05, 0.1) is 6.42 Å². The van der Waals surface area contributed by atoms with Crippen LogP contribution in [0.15, 0.2) is 41.1 Å². The Kier molecular flexibility index (Phi) is 6.01. The van der Waals surface area contributed by atoms with Gasteiger partial charge in [-0.15, -0.1) is 10.2 Å². The molecule has 3 aromatic rings. The lowest BCUT2D eigenvalue weighted by Crippen LogP contribution is -2.42. The first-order valence-electron chi connectivity index (χ1n) is 9.59. The lowest BCUT2D eigenvalue weighted by molar-refractivity contribution is -0.133. The molecule has 29 heavy (non-hydrogen) atoms. The van der Waals surface area contributed by atoms with E-state index in [0.29, 0.717) is 32.4 Å². The van der Waals surface area contributed by atoms with Crippen molar-refractivity contribution in [1.82, 2.24) is 15.1 Å². The van der Waals surface area contributed by atoms with Crippen molar-refractivity contribution < 1.29 is 9.59 Å². The number of rotatable bonds is 5. The zero-order valence-corrected chi connectivity index (χ0v) is 17.8. The summed E-state index contributed by atoms with van der Waals surface area (Å²) in [7, 11) is 0. The number of likely N-dealkylation sites (tertiary alicyclic amines) is 1. The van der Waals surface area contributed by atoms with Gasteiger partial charge in [-0.2, -0.15) is 11.3 Å². The molecule has 0 unspecified atom stereocenters. The summed E-state index contributed by atoms with van der Waals surface area (Å²) < 4.78 is 0. The molecule has 1 aliphatic rings. The Labute approximate surface area is 177 Å². The van der Waals surface area contributed by atoms with Crippen molar-refractivity contribution in [3.8, 4) is 10.6 Å². The molecule has 0 atom stereocenters. The number of hydrogen-bond donors (Lipinski definition) is 1. The molecule has 1 saturated heterocycles. The van der Waals surface area contributed by atoms with Gasteiger partial charge in [-0.05, 0) is 54.3 Å². The minimum absolute atomic E-state index is 0.0144. The number of nitrogens with one attached hydrogen (secondary N) is 1. The number of piperidine rings is 1. The number of hydrogen-bond acceptors (Lipinski definition) is 6. The smallest absolute Gasteiger partial charge is 0.227 e. The summed E-state index contributed by atoms with van der Waals surface area (Å²) in [4.78, 5) is 27.0. The number of aryl methyl sites for hydroxylation is 1. The van der Waals surface area contributed by atoms with Crippen LogP contribution in [0.2, 0.25) is 0 Å². The number of aromatic nitrogens is 2. The highest BCUT2D eigenvalue weighted by atomic mass is 32.1. The molecule has 6 nitrogen and oxygen atoms in total. The maximum Gasteiger partial charge on any atom is 0.227 e. The third kappa shape index (κ3) is 4.89. The molecule has 0 bridgehead atoms. The zero-order chi connectivity index (χ0) is 20.2. The summed E-state index contributed by atoms with van der Waals surface area (Å²) in [5.74, 6) is 0.0791. The van der Waals surface area contributed by atoms with Gasteiger partial charge >= 0.3 is 0 Å². The van der Waals surface area contributed by atoms with Gasteiger partial charge in [0.25, 0.3) is 0 Å². The van der Waals surface area contributed by atoms with Gasteiger partial charge in [0.1, 0.15) is 10.0 Å². The molecule has 0 radical (unpaired) electrons. The summed E-state index contributed by atoms with van der Waals surface area (Å²) in [6.45, 7) is 3.18. The van der Waals surface area contributed by atoms with E-state index in [-0.39, 0.29) is 17.7 Å². The van der Waals surface area contributed by atoms with Crippen LogP contribution in [0, 0.1) is 12.8 Å². The second-order valence-corrected chi connectivity index (χ2v) is 9.12. The molecule has 1 N–H and O–H groups in total. The van der Waals surface area contributed by atoms with Crippen LogP contribution < -0.4 is 5.32 Å². The number of nitrogens with zero attached hydrogens (tertiary/aromatic N) is 3. The number of benzene rings is 1. The standard InChI is InChI=1S/C21H22N4O2S2/c1-14-23-24-21(29-14)17-3-2-4-18(12-17)22-20(27)16-5-8-25(9-6-16)19(26)11-15-7-10-28-13-15/h2-4,7,10,12-13,16H,5-6,8-9,11H2,1H3,(H,22,27). The molecule has 4 rings (SSSR count). The molecular formula is C21H22N4O2S2. The van der Waals surface area contributed by atoms with Crippen molar-refractivity contribution in [2.75, 3.05) is 18.4 Å². The predicted octanol–water partition coefficient (Wildman–Crippen LogP) is 3.99. The first kappa shape index (κ1) is 19.7. The number of carbonyl (C=O) groups is 2. The first-order chi connectivity index (χ1) is 14.1. The average molecular weight is 427 g/mol. The Balaban J connectivity index is 1.31. The third-order valence-corrected chi connectivity index (χ3v) is 6.68. The van der Waals surface area contributed by atoms with Crippen LogP contribution in [0.25, 0.3) is 10.6 Å². The number of anilines is 1. The van der Waals surface area contributed by atoms with Crippen molar-refractivity contribution in [2.45, 2.75) is 26.2 Å². The summed E-state index contributed by atoms with van der Waals surface area (Å²) in [5.41, 5.74) is 2.77. The SMILES string of the molecule is Cc1nnc(-c2cccc(NC(=O)C3CCN(C(=O)Cc4ccsc4)CC3)c2)s1. The second kappa shape index (κ2) is 8.84. The van der Waals surface area contributed by atoms with E-state index in [2.05, 4.69) is 15.5 Å². The van der Waals surface area contributed by atoms with Gasteiger partial charge in [0.15, 0.2) is 0 Å². The molecule has 2 amide bonds. The lowest BCUT2D eigenvalue weighted by Gasteiger charge is -2.31. The van der Waals surface area contributed by atoms with Crippen molar-refractivity contribution in [3.05, 3.63) is 51.7 Å². The number of amides is 2. The van der Waals surface area contributed by atoms with Crippen molar-refractivity contribution in [1.29, 1.82) is 0 Å². The number of carbonyl (C=O) groups excluding carboxylic acids is 2. The summed E-state index contributed by atoms with van der Waals surface area (Å²) >= 11 is 3.13. The monoisotopic (exact) mass is 426 g/mol. The van der Waals surface area contributed by atoms with E-state index in [1.165, 1.54) is 11.3 Å². The predicted molar refractivity (Wildman–Crippen MR) is 116 cm³/mol. The first-order valence-corrected chi connectivity index (χ1v) is 11.3. The average Bonchev–Trinajstić information content (AvgIpc) is 3.40. The maximum absolute atomic E-state index is 12.7. The fourth-order valence-electron chi connectivity index (χ4n) is 3.46. The molecular weight excluding hydrogens is 404 g/mol. The fraction of sp³-hybridized carbons (Fsp3) is 0.333. The molecule has 0 aliphatic carbocycles. The van der Waals surface area contributed by atoms with E-state index >= 15 is 0 Å². The van der Waals surface area contributed by atoms with Gasteiger partial charge in [-0.3, -0.25) is 9.59 Å². The fourth-order valence-corrected chi connectivity index (χ4v) is 4.81. The van der Waals surface area contributed by atoms with Crippen LogP contribution in [0.5, 0.6) is 0 Å². The Morgan fingerprint density at radius 1 is 1.21 bits per heavy atom. The van der Waals surface area contributed by atoms with E-state index in [1.807, 2.05) is 52.9 Å². The lowest BCUT2D eigenvalue weighted by atomic mass is 9.95. The molecule has 1 fully saturated rings. The molecule has 150 valence electrons. The molecule has 1 aromatic carbocycles. The summed E-state index contributed by atoms with van der Waals surface area (Å²) in [6.07, 6.45) is 1.82. The topological polar surface area (TPSA) is 75.2 Å². The molecule has 8 heteroatoms. The Bertz CT molecular complexity index is 992. The highest BCUT2D eigenvalue weighted by molar-refractivity contribution is 7.14. The molecule has 3 heterocycles. The van der Waals surface area contributed by atoms with E-state index in [4.69, 9.17) is 0 Å². The summed E-state index contributed by atoms with van der Waals surface area (Å²) in [5, 5.41) is 17.0. The quantitative estimate of drug-likeness (QED) is 0.669. The maximum atomic E-state index is 12.7. The highest BCUT2D eigenvalue weighted by Crippen LogP contribution is 2.26. The van der Waals surface area contributed by atoms with Crippen LogP contribution in [-0.2, 0) is 16.0 Å². The van der Waals surface area contributed by atoms with Crippen molar-refractivity contribution >= 4 is 40.2 Å². The van der Waals surface area contributed by atoms with Crippen LogP contribution in [0.4, 0.5) is 5.69 Å². The van der Waals surface area contributed by atoms with Gasteiger partial charge < -0.3 is 10.2 Å². The van der Waals surface area contributed by atoms with Crippen LogP contribution in [0.1, 0.15) is 23.4 Å². The van der Waals surface area contributed by atoms with E-state index in [9.17, 15) is 9.59 Å². The molecule has 1 aliphatic heterocycles.